The van der Waals surface area contributed by atoms with Gasteiger partial charge in [-0.15, -0.1) is 0 Å². The number of piperidine rings is 3. The number of allylic oxidation sites excluding steroid dienone is 1. The maximum absolute atomic E-state index is 12.8. The van der Waals surface area contributed by atoms with Gasteiger partial charge in [0.05, 0.1) is 13.2 Å². The Morgan fingerprint density at radius 2 is 2.12 bits per heavy atom. The molecule has 1 aromatic carbocycles. The summed E-state index contributed by atoms with van der Waals surface area (Å²) in [5.74, 6) is -0.387. The van der Waals surface area contributed by atoms with Crippen LogP contribution in [0.25, 0.3) is 0 Å². The molecule has 0 spiro atoms. The molecule has 4 aliphatic rings. The first-order valence-corrected chi connectivity index (χ1v) is 9.28. The van der Waals surface area contributed by atoms with E-state index in [0.717, 1.165) is 18.8 Å². The molecule has 4 heterocycles. The van der Waals surface area contributed by atoms with Gasteiger partial charge in [-0.25, -0.2) is 4.79 Å². The van der Waals surface area contributed by atoms with Gasteiger partial charge in [-0.1, -0.05) is 29.8 Å². The first kappa shape index (κ1) is 16.3. The van der Waals surface area contributed by atoms with Crippen molar-refractivity contribution < 1.29 is 19.7 Å². The number of carbonyl (C=O) groups is 1. The van der Waals surface area contributed by atoms with E-state index in [4.69, 9.17) is 4.74 Å². The first-order valence-electron chi connectivity index (χ1n) is 9.28. The number of hydrogen-bond donors (Lipinski definition) is 2. The lowest BCUT2D eigenvalue weighted by molar-refractivity contribution is -0.236. The van der Waals surface area contributed by atoms with E-state index >= 15 is 0 Å². The minimum absolute atomic E-state index is 0.0255. The second kappa shape index (κ2) is 5.09. The molecule has 0 saturated carbocycles. The fourth-order valence-electron chi connectivity index (χ4n) is 5.90. The van der Waals surface area contributed by atoms with E-state index < -0.39 is 17.4 Å². The number of hydrogen-bond acceptors (Lipinski definition) is 6. The molecule has 4 aliphatic heterocycles. The van der Waals surface area contributed by atoms with Crippen molar-refractivity contribution in [2.75, 3.05) is 25.1 Å². The van der Waals surface area contributed by atoms with Crippen LogP contribution in [0.5, 0.6) is 0 Å². The summed E-state index contributed by atoms with van der Waals surface area (Å²) >= 11 is 0. The van der Waals surface area contributed by atoms with Gasteiger partial charge in [-0.2, -0.15) is 0 Å². The van der Waals surface area contributed by atoms with E-state index in [0.29, 0.717) is 18.4 Å². The Labute approximate surface area is 152 Å². The van der Waals surface area contributed by atoms with Crippen molar-refractivity contribution >= 4 is 11.7 Å². The summed E-state index contributed by atoms with van der Waals surface area (Å²) in [6, 6.07) is 6.67. The molecule has 0 aromatic heterocycles. The van der Waals surface area contributed by atoms with Gasteiger partial charge in [-0.3, -0.25) is 4.90 Å². The van der Waals surface area contributed by atoms with E-state index in [1.165, 1.54) is 12.7 Å². The zero-order chi connectivity index (χ0) is 18.3. The molecule has 2 bridgehead atoms. The van der Waals surface area contributed by atoms with E-state index in [2.05, 4.69) is 11.0 Å². The van der Waals surface area contributed by atoms with Crippen molar-refractivity contribution in [1.29, 1.82) is 0 Å². The monoisotopic (exact) mass is 356 g/mol. The third-order valence-corrected chi connectivity index (χ3v) is 7.06. The first-order chi connectivity index (χ1) is 12.5. The summed E-state index contributed by atoms with van der Waals surface area (Å²) in [5, 5.41) is 23.6. The van der Waals surface area contributed by atoms with Crippen LogP contribution in [0.2, 0.25) is 0 Å². The number of nitrogens with zero attached hydrogens (tertiary/aromatic N) is 2. The molecule has 3 fully saturated rings. The van der Waals surface area contributed by atoms with Crippen LogP contribution in [0, 0.1) is 5.92 Å². The lowest BCUT2D eigenvalue weighted by Crippen LogP contribution is -2.80. The predicted octanol–water partition coefficient (Wildman–Crippen LogP) is 0.978. The van der Waals surface area contributed by atoms with Crippen LogP contribution >= 0.6 is 0 Å². The van der Waals surface area contributed by atoms with Crippen molar-refractivity contribution in [2.45, 2.75) is 43.2 Å². The molecule has 0 aliphatic carbocycles. The number of aliphatic hydroxyl groups is 2. The maximum atomic E-state index is 12.8. The molecule has 3 saturated heterocycles. The number of carbonyl (C=O) groups excluding carboxylic acids is 1. The number of fused-ring (bicyclic) bond motifs is 4. The summed E-state index contributed by atoms with van der Waals surface area (Å²) in [5.41, 5.74) is -0.250. The average Bonchev–Trinajstić information content (AvgIpc) is 2.86. The van der Waals surface area contributed by atoms with Crippen molar-refractivity contribution in [2.24, 2.45) is 5.92 Å². The van der Waals surface area contributed by atoms with E-state index in [1.54, 1.807) is 4.90 Å². The van der Waals surface area contributed by atoms with Gasteiger partial charge >= 0.3 is 5.97 Å². The maximum Gasteiger partial charge on any atom is 0.329 e. The SMILES string of the molecule is CC=C1CN2CCC3(O)c4ccccc4N4C(C(=O)OC)C1CC2C43O. The summed E-state index contributed by atoms with van der Waals surface area (Å²) in [6.45, 7) is 3.45. The third kappa shape index (κ3) is 1.61. The molecule has 2 N–H and O–H groups in total. The Morgan fingerprint density at radius 1 is 1.35 bits per heavy atom. The molecule has 26 heavy (non-hydrogen) atoms. The topological polar surface area (TPSA) is 73.2 Å². The molecule has 5 unspecified atom stereocenters. The number of rotatable bonds is 1. The van der Waals surface area contributed by atoms with Crippen molar-refractivity contribution in [3.8, 4) is 0 Å². The Bertz CT molecular complexity index is 824. The lowest BCUT2D eigenvalue weighted by atomic mass is 9.65. The van der Waals surface area contributed by atoms with Crippen LogP contribution in [0.15, 0.2) is 35.9 Å². The standard InChI is InChI=1S/C20H24N2O4/c1-3-12-11-21-9-8-19(24)14-6-4-5-7-15(14)22-17(18(23)26-2)13(12)10-16(21)20(19,22)25/h3-7,13,16-17,24-25H,8-11H2,1-2H3. The van der Waals surface area contributed by atoms with Crippen LogP contribution in [-0.4, -0.2) is 59.1 Å². The van der Waals surface area contributed by atoms with Gasteiger partial charge in [0, 0.05) is 30.3 Å². The highest BCUT2D eigenvalue weighted by Crippen LogP contribution is 2.61. The number of para-hydroxylation sites is 1. The number of ether oxygens (including phenoxy) is 1. The lowest BCUT2D eigenvalue weighted by Gasteiger charge is -2.63. The van der Waals surface area contributed by atoms with Crippen LogP contribution in [0.4, 0.5) is 5.69 Å². The van der Waals surface area contributed by atoms with E-state index in [-0.39, 0.29) is 17.9 Å². The molecule has 0 amide bonds. The molecule has 6 heteroatoms. The fourth-order valence-corrected chi connectivity index (χ4v) is 5.90. The molecule has 6 nitrogen and oxygen atoms in total. The number of methoxy groups -OCH3 is 1. The average molecular weight is 356 g/mol. The van der Waals surface area contributed by atoms with E-state index in [1.807, 2.05) is 31.2 Å². The Kier molecular flexibility index (Phi) is 3.19. The van der Waals surface area contributed by atoms with Crippen molar-refractivity contribution in [3.63, 3.8) is 0 Å². The van der Waals surface area contributed by atoms with Gasteiger partial charge < -0.3 is 19.8 Å². The summed E-state index contributed by atoms with van der Waals surface area (Å²) in [6.07, 6.45) is 3.16. The molecule has 5 atom stereocenters. The largest absolute Gasteiger partial charge is 0.467 e. The quantitative estimate of drug-likeness (QED) is 0.577. The number of anilines is 1. The van der Waals surface area contributed by atoms with Crippen LogP contribution in [0.1, 0.15) is 25.3 Å². The predicted molar refractivity (Wildman–Crippen MR) is 95.4 cm³/mol. The van der Waals surface area contributed by atoms with Crippen molar-refractivity contribution in [1.82, 2.24) is 4.90 Å². The van der Waals surface area contributed by atoms with Gasteiger partial charge in [0.1, 0.15) is 11.6 Å². The van der Waals surface area contributed by atoms with E-state index in [9.17, 15) is 15.0 Å². The highest BCUT2D eigenvalue weighted by Gasteiger charge is 2.73. The second-order valence-electron chi connectivity index (χ2n) is 7.88. The van der Waals surface area contributed by atoms with Gasteiger partial charge in [0.25, 0.3) is 0 Å². The fraction of sp³-hybridized carbons (Fsp3) is 0.550. The minimum Gasteiger partial charge on any atom is -0.467 e. The zero-order valence-electron chi connectivity index (χ0n) is 15.1. The smallest absolute Gasteiger partial charge is 0.329 e. The van der Waals surface area contributed by atoms with Gasteiger partial charge in [-0.05, 0) is 25.8 Å². The minimum atomic E-state index is -1.52. The molecular formula is C20H24N2O4. The number of benzene rings is 1. The highest BCUT2D eigenvalue weighted by atomic mass is 16.5. The van der Waals surface area contributed by atoms with Gasteiger partial charge in [0.15, 0.2) is 5.72 Å². The van der Waals surface area contributed by atoms with Gasteiger partial charge in [0.2, 0.25) is 0 Å². The number of esters is 1. The van der Waals surface area contributed by atoms with Crippen LogP contribution in [-0.2, 0) is 15.1 Å². The Hall–Kier alpha value is -1.89. The normalized spacial score (nSPS) is 41.9. The molecular weight excluding hydrogens is 332 g/mol. The molecule has 0 radical (unpaired) electrons. The van der Waals surface area contributed by atoms with Crippen LogP contribution in [0.3, 0.4) is 0 Å². The highest BCUT2D eigenvalue weighted by molar-refractivity contribution is 5.85. The van der Waals surface area contributed by atoms with Crippen molar-refractivity contribution in [3.05, 3.63) is 41.5 Å². The summed E-state index contributed by atoms with van der Waals surface area (Å²) < 4.78 is 5.14. The zero-order valence-corrected chi connectivity index (χ0v) is 15.1. The third-order valence-electron chi connectivity index (χ3n) is 7.06. The Morgan fingerprint density at radius 3 is 2.85 bits per heavy atom. The Balaban J connectivity index is 1.80. The summed E-state index contributed by atoms with van der Waals surface area (Å²) in [4.78, 5) is 16.9. The van der Waals surface area contributed by atoms with Crippen LogP contribution < -0.4 is 4.90 Å². The molecule has 1 aromatic rings. The molecule has 138 valence electrons. The summed E-state index contributed by atoms with van der Waals surface area (Å²) in [7, 11) is 1.39. The molecule has 5 rings (SSSR count). The second-order valence-corrected chi connectivity index (χ2v) is 7.88.